The molecule has 1 N–H and O–H groups in total. The van der Waals surface area contributed by atoms with Crippen LogP contribution in [0.5, 0.6) is 0 Å². The number of hydrogen-bond donors (Lipinski definition) is 1. The van der Waals surface area contributed by atoms with E-state index in [9.17, 15) is 0 Å². The van der Waals surface area contributed by atoms with Crippen molar-refractivity contribution in [2.24, 2.45) is 0 Å². The van der Waals surface area contributed by atoms with Crippen molar-refractivity contribution in [2.45, 2.75) is 0 Å². The Bertz CT molecular complexity index is 338. The van der Waals surface area contributed by atoms with Gasteiger partial charge in [-0.1, -0.05) is 0 Å². The molecule has 11 heavy (non-hydrogen) atoms. The maximum Gasteiger partial charge on any atom is 0.510 e. The molecule has 0 radical (unpaired) electrons. The zero-order chi connectivity index (χ0) is 8.69. The summed E-state index contributed by atoms with van der Waals surface area (Å²) in [5, 5.41) is 30.8. The molecule has 0 aromatic heterocycles. The SMILES string of the molecule is N#CC(=C=N)[O+]=C(C#N)C#N. The van der Waals surface area contributed by atoms with E-state index in [4.69, 9.17) is 21.2 Å². The van der Waals surface area contributed by atoms with Crippen LogP contribution in [0.3, 0.4) is 0 Å². The summed E-state index contributed by atoms with van der Waals surface area (Å²) in [7, 11) is 0. The zero-order valence-corrected chi connectivity index (χ0v) is 5.25. The van der Waals surface area contributed by atoms with Gasteiger partial charge in [0.1, 0.15) is 5.87 Å². The summed E-state index contributed by atoms with van der Waals surface area (Å²) in [5.41, 5.74) is 0. The highest BCUT2D eigenvalue weighted by Crippen LogP contribution is 1.80. The molecule has 5 heteroatoms. The average molecular weight is 145 g/mol. The van der Waals surface area contributed by atoms with Gasteiger partial charge in [-0.25, -0.2) is 5.41 Å². The van der Waals surface area contributed by atoms with Gasteiger partial charge >= 0.3 is 11.5 Å². The van der Waals surface area contributed by atoms with Crippen molar-refractivity contribution in [3.05, 3.63) is 5.76 Å². The van der Waals surface area contributed by atoms with Crippen LogP contribution < -0.4 is 0 Å². The molecule has 0 heterocycles. The van der Waals surface area contributed by atoms with E-state index in [0.717, 1.165) is 0 Å². The minimum absolute atomic E-state index is 0.511. The largest absolute Gasteiger partial charge is 0.510 e. The monoisotopic (exact) mass is 145 g/mol. The standard InChI is InChI=1S/C6HN4O/c7-1-5(2-8)11-6(3-9)4-10/h7H/q+1. The first kappa shape index (κ1) is 8.59. The van der Waals surface area contributed by atoms with Crippen LogP contribution in [0, 0.1) is 39.4 Å². The molecule has 5 nitrogen and oxygen atoms in total. The van der Waals surface area contributed by atoms with Gasteiger partial charge in [0.25, 0.3) is 0 Å². The molecule has 0 unspecified atom stereocenters. The lowest BCUT2D eigenvalue weighted by atomic mass is 10.5. The maximum absolute atomic E-state index is 8.14. The highest BCUT2D eigenvalue weighted by atomic mass is 16.4. The van der Waals surface area contributed by atoms with E-state index >= 15 is 0 Å². The van der Waals surface area contributed by atoms with Gasteiger partial charge in [-0.05, 0) is 0 Å². The summed E-state index contributed by atoms with van der Waals surface area (Å²) in [6, 6.07) is 4.20. The molecule has 0 aromatic carbocycles. The topological polar surface area (TPSA) is 107 Å². The Balaban J connectivity index is 4.90. The van der Waals surface area contributed by atoms with Crippen molar-refractivity contribution in [2.75, 3.05) is 0 Å². The molecule has 0 aliphatic heterocycles. The number of carbonyl (C=O) groups excluding carboxylic acids is 1. The van der Waals surface area contributed by atoms with Crippen molar-refractivity contribution < 1.29 is 4.42 Å². The van der Waals surface area contributed by atoms with Crippen molar-refractivity contribution >= 4 is 11.7 Å². The fourth-order valence-corrected chi connectivity index (χ4v) is 0.249. The summed E-state index contributed by atoms with van der Waals surface area (Å²) in [6.45, 7) is 0. The summed E-state index contributed by atoms with van der Waals surface area (Å²) in [5.74, 6) is 0.518. The van der Waals surface area contributed by atoms with Crippen molar-refractivity contribution in [1.82, 2.24) is 0 Å². The van der Waals surface area contributed by atoms with Crippen molar-refractivity contribution in [3.8, 4) is 18.2 Å². The van der Waals surface area contributed by atoms with Gasteiger partial charge in [0.05, 0.1) is 0 Å². The second kappa shape index (κ2) is 4.47. The fraction of sp³-hybridized carbons (Fsp3) is 0. The van der Waals surface area contributed by atoms with Crippen LogP contribution in [0.1, 0.15) is 0 Å². The summed E-state index contributed by atoms with van der Waals surface area (Å²) < 4.78 is 4.30. The Kier molecular flexibility index (Phi) is 3.49. The highest BCUT2D eigenvalue weighted by Gasteiger charge is 2.13. The van der Waals surface area contributed by atoms with Gasteiger partial charge in [-0.2, -0.15) is 20.2 Å². The van der Waals surface area contributed by atoms with Gasteiger partial charge in [-0.3, -0.25) is 0 Å². The third-order valence-corrected chi connectivity index (χ3v) is 0.622. The third kappa shape index (κ3) is 2.58. The first-order valence-electron chi connectivity index (χ1n) is 2.33. The van der Waals surface area contributed by atoms with Crippen LogP contribution in [-0.2, 0) is 4.42 Å². The Hall–Kier alpha value is -2.41. The van der Waals surface area contributed by atoms with Crippen LogP contribution in [-0.4, -0.2) is 11.7 Å². The Labute approximate surface area is 62.2 Å². The molecule has 0 aliphatic carbocycles. The van der Waals surface area contributed by atoms with Crippen LogP contribution in [0.25, 0.3) is 0 Å². The zero-order valence-electron chi connectivity index (χ0n) is 5.25. The van der Waals surface area contributed by atoms with Gasteiger partial charge in [0.15, 0.2) is 0 Å². The van der Waals surface area contributed by atoms with E-state index in [1.165, 1.54) is 18.2 Å². The van der Waals surface area contributed by atoms with E-state index < -0.39 is 11.5 Å². The Morgan fingerprint density at radius 3 is 1.91 bits per heavy atom. The van der Waals surface area contributed by atoms with Gasteiger partial charge in [0.2, 0.25) is 18.2 Å². The molecule has 50 valence electrons. The van der Waals surface area contributed by atoms with Crippen LogP contribution >= 0.6 is 0 Å². The van der Waals surface area contributed by atoms with E-state index in [1.54, 1.807) is 5.87 Å². The second-order valence-electron chi connectivity index (χ2n) is 1.22. The number of rotatable bonds is 1. The van der Waals surface area contributed by atoms with Gasteiger partial charge in [0, 0.05) is 0 Å². The van der Waals surface area contributed by atoms with Crippen LogP contribution in [0.2, 0.25) is 0 Å². The van der Waals surface area contributed by atoms with Gasteiger partial charge < -0.3 is 0 Å². The number of nitrogens with zero attached hydrogens (tertiary/aromatic N) is 3. The van der Waals surface area contributed by atoms with Crippen LogP contribution in [0.4, 0.5) is 0 Å². The highest BCUT2D eigenvalue weighted by molar-refractivity contribution is 6.06. The second-order valence-corrected chi connectivity index (χ2v) is 1.22. The first-order chi connectivity index (χ1) is 5.28. The molecule has 0 fully saturated rings. The number of nitrogens with one attached hydrogen (secondary N) is 1. The lowest BCUT2D eigenvalue weighted by Gasteiger charge is -1.62. The average Bonchev–Trinajstić information content (AvgIpc) is 2.07. The van der Waals surface area contributed by atoms with E-state index in [2.05, 4.69) is 4.42 Å². The smallest absolute Gasteiger partial charge is 0.250 e. The quantitative estimate of drug-likeness (QED) is 0.181. The first-order valence-corrected chi connectivity index (χ1v) is 2.33. The van der Waals surface area contributed by atoms with Gasteiger partial charge in [-0.15, -0.1) is 0 Å². The molecule has 0 saturated carbocycles. The summed E-state index contributed by atoms with van der Waals surface area (Å²) in [4.78, 5) is 0. The van der Waals surface area contributed by atoms with E-state index in [1.807, 2.05) is 0 Å². The molecule has 0 atom stereocenters. The molecule has 0 aromatic rings. The van der Waals surface area contributed by atoms with E-state index in [0.29, 0.717) is 0 Å². The molecule has 0 amide bonds. The molecule has 0 saturated heterocycles. The number of hydrogen-bond acceptors (Lipinski definition) is 4. The normalized spacial score (nSPS) is 5.91. The minimum atomic E-state index is -0.582. The Morgan fingerprint density at radius 2 is 1.64 bits per heavy atom. The molecule has 0 rings (SSSR count). The fourth-order valence-electron chi connectivity index (χ4n) is 0.249. The Morgan fingerprint density at radius 1 is 1.09 bits per heavy atom. The third-order valence-electron chi connectivity index (χ3n) is 0.622. The predicted molar refractivity (Wildman–Crippen MR) is 33.1 cm³/mol. The predicted octanol–water partition coefficient (Wildman–Crippen LogP) is -0.206. The molecule has 0 bridgehead atoms. The number of nitriles is 3. The molecular weight excluding hydrogens is 144 g/mol. The van der Waals surface area contributed by atoms with E-state index in [-0.39, 0.29) is 0 Å². The maximum atomic E-state index is 8.14. The number of allylic oxidation sites excluding steroid dienone is 1. The molecule has 0 spiro atoms. The lowest BCUT2D eigenvalue weighted by Crippen LogP contribution is -1.94. The molecular formula is C6HN4O+. The lowest BCUT2D eigenvalue weighted by molar-refractivity contribution is -0.383. The van der Waals surface area contributed by atoms with Crippen molar-refractivity contribution in [1.29, 1.82) is 21.2 Å². The van der Waals surface area contributed by atoms with Crippen LogP contribution in [0.15, 0.2) is 5.76 Å². The molecule has 0 aliphatic rings. The summed E-state index contributed by atoms with van der Waals surface area (Å²) >= 11 is 0. The minimum Gasteiger partial charge on any atom is -0.250 e. The number of ketones is 1. The summed E-state index contributed by atoms with van der Waals surface area (Å²) in [6.07, 6.45) is 0. The van der Waals surface area contributed by atoms with Crippen molar-refractivity contribution in [3.63, 3.8) is 0 Å².